The van der Waals surface area contributed by atoms with E-state index in [2.05, 4.69) is 16.9 Å². The number of hydrogen-bond acceptors (Lipinski definition) is 6. The SMILES string of the molecule is C=CC(=O)NC.N/C(=C\c1c(N)[nH]c(C2CCOCC2)c1CCN1CC(F)(F)C1)c1ccccc1O. The number of rotatable bonds is 7. The Kier molecular flexibility index (Phi) is 9.11. The summed E-state index contributed by atoms with van der Waals surface area (Å²) in [5, 5.41) is 12.5. The van der Waals surface area contributed by atoms with Crippen molar-refractivity contribution in [1.82, 2.24) is 15.2 Å². The molecule has 2 aromatic rings. The molecule has 2 fully saturated rings. The monoisotopic (exact) mass is 503 g/mol. The summed E-state index contributed by atoms with van der Waals surface area (Å²) in [6.07, 6.45) is 5.35. The molecule has 8 nitrogen and oxygen atoms in total. The number of aromatic amines is 1. The molecule has 10 heteroatoms. The molecular weight excluding hydrogens is 468 g/mol. The van der Waals surface area contributed by atoms with Crippen LogP contribution in [0.4, 0.5) is 14.6 Å². The van der Waals surface area contributed by atoms with Crippen LogP contribution in [0.5, 0.6) is 5.75 Å². The number of anilines is 1. The summed E-state index contributed by atoms with van der Waals surface area (Å²) in [5.41, 5.74) is 16.4. The number of phenolic OH excluding ortho intramolecular Hbond substituents is 1. The van der Waals surface area contributed by atoms with Crippen LogP contribution in [0.25, 0.3) is 11.8 Å². The quantitative estimate of drug-likeness (QED) is 0.369. The lowest BCUT2D eigenvalue weighted by Crippen LogP contribution is -2.56. The maximum atomic E-state index is 13.2. The van der Waals surface area contributed by atoms with E-state index >= 15 is 0 Å². The van der Waals surface area contributed by atoms with Gasteiger partial charge < -0.3 is 31.6 Å². The van der Waals surface area contributed by atoms with Gasteiger partial charge in [0.1, 0.15) is 11.6 Å². The fraction of sp³-hybridized carbons (Fsp3) is 0.423. The van der Waals surface area contributed by atoms with Crippen LogP contribution >= 0.6 is 0 Å². The number of phenols is 1. The number of nitrogens with zero attached hydrogens (tertiary/aromatic N) is 1. The van der Waals surface area contributed by atoms with Crippen LogP contribution in [0.15, 0.2) is 36.9 Å². The van der Waals surface area contributed by atoms with Crippen LogP contribution in [-0.2, 0) is 16.0 Å². The zero-order chi connectivity index (χ0) is 26.3. The van der Waals surface area contributed by atoms with Crippen LogP contribution < -0.4 is 16.8 Å². The smallest absolute Gasteiger partial charge is 0.272 e. The van der Waals surface area contributed by atoms with Gasteiger partial charge in [-0.25, -0.2) is 8.78 Å². The summed E-state index contributed by atoms with van der Waals surface area (Å²) in [5.74, 6) is -1.86. The van der Waals surface area contributed by atoms with E-state index in [-0.39, 0.29) is 30.7 Å². The van der Waals surface area contributed by atoms with Crippen molar-refractivity contribution in [1.29, 1.82) is 0 Å². The third kappa shape index (κ3) is 6.86. The zero-order valence-corrected chi connectivity index (χ0v) is 20.5. The molecule has 3 heterocycles. The number of ether oxygens (including phenoxy) is 1. The summed E-state index contributed by atoms with van der Waals surface area (Å²) in [7, 11) is 1.56. The Morgan fingerprint density at radius 2 is 2.00 bits per heavy atom. The number of halogens is 2. The van der Waals surface area contributed by atoms with Gasteiger partial charge in [0.15, 0.2) is 0 Å². The second-order valence-electron chi connectivity index (χ2n) is 8.98. The van der Waals surface area contributed by atoms with Crippen LogP contribution in [0, 0.1) is 0 Å². The van der Waals surface area contributed by atoms with Crippen molar-refractivity contribution in [3.63, 3.8) is 0 Å². The van der Waals surface area contributed by atoms with Gasteiger partial charge in [0, 0.05) is 55.2 Å². The number of carbonyl (C=O) groups is 1. The summed E-state index contributed by atoms with van der Waals surface area (Å²) >= 11 is 0. The number of likely N-dealkylation sites (tertiary alicyclic amines) is 1. The minimum absolute atomic E-state index is 0.0920. The van der Waals surface area contributed by atoms with Gasteiger partial charge in [-0.05, 0) is 49.1 Å². The minimum atomic E-state index is -2.58. The molecule has 0 spiro atoms. The number of likely N-dealkylation sites (N-methyl/N-ethyl adjacent to an activating group) is 1. The van der Waals surface area contributed by atoms with Gasteiger partial charge >= 0.3 is 0 Å². The van der Waals surface area contributed by atoms with Crippen molar-refractivity contribution in [2.45, 2.75) is 31.1 Å². The predicted octanol–water partition coefficient (Wildman–Crippen LogP) is 3.07. The van der Waals surface area contributed by atoms with Crippen LogP contribution in [0.3, 0.4) is 0 Å². The number of H-pyrrole nitrogens is 1. The number of alkyl halides is 2. The molecule has 2 aliphatic rings. The number of nitrogens with one attached hydrogen (secondary N) is 2. The first-order valence-corrected chi connectivity index (χ1v) is 11.9. The van der Waals surface area contributed by atoms with Crippen molar-refractivity contribution in [3.05, 3.63) is 59.3 Å². The molecule has 4 rings (SSSR count). The molecule has 0 bridgehead atoms. The maximum Gasteiger partial charge on any atom is 0.272 e. The highest BCUT2D eigenvalue weighted by Gasteiger charge is 2.43. The average molecular weight is 504 g/mol. The average Bonchev–Trinajstić information content (AvgIpc) is 3.16. The van der Waals surface area contributed by atoms with Crippen molar-refractivity contribution in [2.24, 2.45) is 5.73 Å². The van der Waals surface area contributed by atoms with Gasteiger partial charge in [-0.3, -0.25) is 9.69 Å². The molecule has 2 saturated heterocycles. The van der Waals surface area contributed by atoms with E-state index < -0.39 is 5.92 Å². The molecule has 0 aliphatic carbocycles. The lowest BCUT2D eigenvalue weighted by atomic mass is 9.91. The van der Waals surface area contributed by atoms with Crippen LogP contribution in [-0.4, -0.2) is 66.7 Å². The van der Waals surface area contributed by atoms with Gasteiger partial charge in [0.2, 0.25) is 5.91 Å². The number of aromatic hydroxyl groups is 1. The van der Waals surface area contributed by atoms with Crippen molar-refractivity contribution in [2.75, 3.05) is 45.6 Å². The predicted molar refractivity (Wildman–Crippen MR) is 138 cm³/mol. The number of hydrogen-bond donors (Lipinski definition) is 5. The highest BCUT2D eigenvalue weighted by atomic mass is 19.3. The Labute approximate surface area is 210 Å². The molecule has 196 valence electrons. The number of nitrogen functional groups attached to an aromatic ring is 1. The maximum absolute atomic E-state index is 13.2. The number of aromatic nitrogens is 1. The number of nitrogens with two attached hydrogens (primary N) is 2. The molecule has 0 atom stereocenters. The largest absolute Gasteiger partial charge is 0.507 e. The first-order valence-electron chi connectivity index (χ1n) is 11.9. The van der Waals surface area contributed by atoms with Gasteiger partial charge in [0.05, 0.1) is 13.1 Å². The Balaban J connectivity index is 0.000000538. The molecule has 36 heavy (non-hydrogen) atoms. The van der Waals surface area contributed by atoms with Gasteiger partial charge in [0.25, 0.3) is 5.92 Å². The highest BCUT2D eigenvalue weighted by Crippen LogP contribution is 2.36. The first-order chi connectivity index (χ1) is 17.1. The number of carbonyl (C=O) groups excluding carboxylic acids is 1. The standard InChI is InChI=1S/C22H28F2N4O2.C4H7NO/c23-22(24)12-28(13-22)8-5-15-17(11-18(25)16-3-1-2-4-19(16)29)21(26)27-20(15)14-6-9-30-10-7-14;1-3-4(6)5-2/h1-4,11,14,27,29H,5-10,12-13,25-26H2;3H,1H2,2H3,(H,5,6)/b18-11-;. The summed E-state index contributed by atoms with van der Waals surface area (Å²) < 4.78 is 32.0. The van der Waals surface area contributed by atoms with Gasteiger partial charge in [-0.15, -0.1) is 0 Å². The second-order valence-corrected chi connectivity index (χ2v) is 8.98. The van der Waals surface area contributed by atoms with Crippen LogP contribution in [0.2, 0.25) is 0 Å². The first kappa shape index (κ1) is 27.2. The Morgan fingerprint density at radius 1 is 1.33 bits per heavy atom. The molecule has 2 aliphatic heterocycles. The fourth-order valence-electron chi connectivity index (χ4n) is 4.45. The summed E-state index contributed by atoms with van der Waals surface area (Å²) in [6, 6.07) is 6.85. The van der Waals surface area contributed by atoms with E-state index in [1.54, 1.807) is 42.3 Å². The van der Waals surface area contributed by atoms with E-state index in [1.165, 1.54) is 6.08 Å². The van der Waals surface area contributed by atoms with Gasteiger partial charge in [-0.2, -0.15) is 0 Å². The molecule has 1 aromatic carbocycles. The number of benzene rings is 1. The van der Waals surface area contributed by atoms with E-state index in [1.807, 2.05) is 0 Å². The lowest BCUT2D eigenvalue weighted by Gasteiger charge is -2.38. The van der Waals surface area contributed by atoms with E-state index in [4.69, 9.17) is 16.2 Å². The number of amides is 1. The molecule has 1 aromatic heterocycles. The zero-order valence-electron chi connectivity index (χ0n) is 20.5. The highest BCUT2D eigenvalue weighted by molar-refractivity contribution is 5.86. The lowest BCUT2D eigenvalue weighted by molar-refractivity contribution is -0.129. The fourth-order valence-corrected chi connectivity index (χ4v) is 4.45. The van der Waals surface area contributed by atoms with E-state index in [0.717, 1.165) is 29.7 Å². The second kappa shape index (κ2) is 12.0. The third-order valence-electron chi connectivity index (χ3n) is 6.37. The van der Waals surface area contributed by atoms with Crippen LogP contribution in [0.1, 0.15) is 41.1 Å². The Bertz CT molecular complexity index is 1090. The minimum Gasteiger partial charge on any atom is -0.507 e. The molecule has 7 N–H and O–H groups in total. The van der Waals surface area contributed by atoms with E-state index in [9.17, 15) is 18.7 Å². The van der Waals surface area contributed by atoms with Crippen molar-refractivity contribution in [3.8, 4) is 5.75 Å². The molecular formula is C26H35F2N5O3. The Hall–Kier alpha value is -3.37. The molecule has 0 unspecified atom stereocenters. The normalized spacial score (nSPS) is 18.0. The van der Waals surface area contributed by atoms with Gasteiger partial charge in [-0.1, -0.05) is 18.7 Å². The third-order valence-corrected chi connectivity index (χ3v) is 6.37. The molecule has 0 saturated carbocycles. The summed E-state index contributed by atoms with van der Waals surface area (Å²) in [4.78, 5) is 15.0. The Morgan fingerprint density at radius 3 is 2.56 bits per heavy atom. The van der Waals surface area contributed by atoms with E-state index in [0.29, 0.717) is 43.3 Å². The summed E-state index contributed by atoms with van der Waals surface area (Å²) in [6.45, 7) is 4.71. The van der Waals surface area contributed by atoms with Crippen molar-refractivity contribution >= 4 is 23.5 Å². The molecule has 0 radical (unpaired) electrons. The molecule has 1 amide bonds. The number of para-hydroxylation sites is 1. The van der Waals surface area contributed by atoms with Crippen molar-refractivity contribution < 1.29 is 23.4 Å². The topological polar surface area (TPSA) is 130 Å².